The number of hydrogen-bond acceptors (Lipinski definition) is 4. The van der Waals surface area contributed by atoms with Gasteiger partial charge in [-0.25, -0.2) is 4.98 Å². The molecule has 5 heteroatoms. The molecule has 0 saturated carbocycles. The molecule has 0 bridgehead atoms. The van der Waals surface area contributed by atoms with Gasteiger partial charge >= 0.3 is 0 Å². The number of amides is 1. The molecule has 0 aliphatic rings. The average molecular weight is 349 g/mol. The van der Waals surface area contributed by atoms with E-state index in [-0.39, 0.29) is 11.8 Å². The van der Waals surface area contributed by atoms with Gasteiger partial charge in [-0.05, 0) is 31.0 Å². The smallest absolute Gasteiger partial charge is 0.252 e. The second-order valence-corrected chi connectivity index (χ2v) is 6.35. The Labute approximate surface area is 153 Å². The van der Waals surface area contributed by atoms with Crippen molar-refractivity contribution in [1.29, 1.82) is 0 Å². The third-order valence-electron chi connectivity index (χ3n) is 4.14. The lowest BCUT2D eigenvalue weighted by Crippen LogP contribution is -2.24. The first kappa shape index (κ1) is 17.9. The molecule has 0 spiro atoms. The highest BCUT2D eigenvalue weighted by Gasteiger charge is 2.15. The van der Waals surface area contributed by atoms with Crippen LogP contribution in [0.4, 0.5) is 0 Å². The lowest BCUT2D eigenvalue weighted by Gasteiger charge is -2.13. The van der Waals surface area contributed by atoms with Crippen molar-refractivity contribution in [3.63, 3.8) is 0 Å². The van der Waals surface area contributed by atoms with Crippen LogP contribution in [0.1, 0.15) is 48.3 Å². The number of nitrogens with zero attached hydrogens (tertiary/aromatic N) is 2. The summed E-state index contributed by atoms with van der Waals surface area (Å²) in [5.74, 6) is 0.670. The summed E-state index contributed by atoms with van der Waals surface area (Å²) in [6.45, 7) is 6.94. The van der Waals surface area contributed by atoms with Crippen molar-refractivity contribution >= 4 is 16.8 Å². The van der Waals surface area contributed by atoms with E-state index in [2.05, 4.69) is 29.1 Å². The Hall–Kier alpha value is -2.95. The van der Waals surface area contributed by atoms with Crippen molar-refractivity contribution in [3.05, 3.63) is 65.5 Å². The quantitative estimate of drug-likeness (QED) is 0.728. The van der Waals surface area contributed by atoms with Gasteiger partial charge in [0.1, 0.15) is 0 Å². The van der Waals surface area contributed by atoms with Crippen LogP contribution in [0.15, 0.2) is 48.7 Å². The number of ether oxygens (including phenoxy) is 1. The van der Waals surface area contributed by atoms with Crippen LogP contribution in [-0.4, -0.2) is 22.5 Å². The fraction of sp³-hybridized carbons (Fsp3) is 0.286. The van der Waals surface area contributed by atoms with Gasteiger partial charge < -0.3 is 10.1 Å². The summed E-state index contributed by atoms with van der Waals surface area (Å²) in [7, 11) is 0. The molecule has 3 rings (SSSR count). The van der Waals surface area contributed by atoms with E-state index >= 15 is 0 Å². The lowest BCUT2D eigenvalue weighted by atomic mass is 10.0. The highest BCUT2D eigenvalue weighted by atomic mass is 16.5. The normalized spacial score (nSPS) is 10.9. The van der Waals surface area contributed by atoms with E-state index < -0.39 is 0 Å². The zero-order valence-electron chi connectivity index (χ0n) is 15.3. The van der Waals surface area contributed by atoms with E-state index in [4.69, 9.17) is 4.74 Å². The van der Waals surface area contributed by atoms with E-state index in [1.54, 1.807) is 6.20 Å². The number of nitrogens with one attached hydrogen (secondary N) is 1. The van der Waals surface area contributed by atoms with Crippen molar-refractivity contribution in [2.45, 2.75) is 33.2 Å². The van der Waals surface area contributed by atoms with Gasteiger partial charge in [-0.1, -0.05) is 38.1 Å². The van der Waals surface area contributed by atoms with Crippen LogP contribution in [0.2, 0.25) is 0 Å². The largest absolute Gasteiger partial charge is 0.478 e. The van der Waals surface area contributed by atoms with E-state index in [1.165, 1.54) is 0 Å². The Morgan fingerprint density at radius 2 is 2.00 bits per heavy atom. The molecular formula is C21H23N3O2. The molecule has 0 radical (unpaired) electrons. The molecule has 1 aromatic carbocycles. The van der Waals surface area contributed by atoms with Crippen molar-refractivity contribution in [3.8, 4) is 5.88 Å². The van der Waals surface area contributed by atoms with Gasteiger partial charge in [0.05, 0.1) is 17.7 Å². The number of benzene rings is 1. The van der Waals surface area contributed by atoms with Gasteiger partial charge in [-0.15, -0.1) is 0 Å². The number of hydrogen-bond donors (Lipinski definition) is 1. The molecule has 0 fully saturated rings. The van der Waals surface area contributed by atoms with Crippen molar-refractivity contribution in [2.24, 2.45) is 0 Å². The second-order valence-electron chi connectivity index (χ2n) is 6.35. The molecule has 5 nitrogen and oxygen atoms in total. The fourth-order valence-electron chi connectivity index (χ4n) is 2.78. The van der Waals surface area contributed by atoms with Gasteiger partial charge in [-0.3, -0.25) is 9.78 Å². The maximum Gasteiger partial charge on any atom is 0.252 e. The van der Waals surface area contributed by atoms with E-state index in [0.29, 0.717) is 24.6 Å². The minimum Gasteiger partial charge on any atom is -0.478 e. The van der Waals surface area contributed by atoms with Crippen LogP contribution in [0.25, 0.3) is 10.9 Å². The molecule has 0 aliphatic heterocycles. The highest BCUT2D eigenvalue weighted by Crippen LogP contribution is 2.23. The Kier molecular flexibility index (Phi) is 5.46. The summed E-state index contributed by atoms with van der Waals surface area (Å²) in [4.78, 5) is 21.8. The number of para-hydroxylation sites is 1. The number of fused-ring (bicyclic) bond motifs is 1. The van der Waals surface area contributed by atoms with Gasteiger partial charge in [-0.2, -0.15) is 0 Å². The zero-order chi connectivity index (χ0) is 18.5. The van der Waals surface area contributed by atoms with E-state index in [9.17, 15) is 4.79 Å². The Balaban J connectivity index is 1.88. The SMILES string of the molecule is CCOc1ncccc1CNC(=O)c1cc(C(C)C)nc2ccccc12. The fourth-order valence-corrected chi connectivity index (χ4v) is 2.78. The minimum absolute atomic E-state index is 0.128. The number of rotatable bonds is 6. The van der Waals surface area contributed by atoms with Crippen molar-refractivity contribution in [1.82, 2.24) is 15.3 Å². The second kappa shape index (κ2) is 7.95. The molecule has 134 valence electrons. The number of carbonyl (C=O) groups excluding carboxylic acids is 1. The molecule has 26 heavy (non-hydrogen) atoms. The summed E-state index contributed by atoms with van der Waals surface area (Å²) in [5, 5.41) is 3.84. The van der Waals surface area contributed by atoms with Crippen LogP contribution < -0.4 is 10.1 Å². The molecule has 0 saturated heterocycles. The summed E-state index contributed by atoms with van der Waals surface area (Å²) < 4.78 is 5.52. The molecule has 0 aliphatic carbocycles. The van der Waals surface area contributed by atoms with Crippen LogP contribution in [0, 0.1) is 0 Å². The number of aromatic nitrogens is 2. The molecule has 2 aromatic heterocycles. The van der Waals surface area contributed by atoms with Crippen LogP contribution in [-0.2, 0) is 6.54 Å². The third kappa shape index (κ3) is 3.82. The van der Waals surface area contributed by atoms with Crippen molar-refractivity contribution in [2.75, 3.05) is 6.61 Å². The molecule has 0 unspecified atom stereocenters. The minimum atomic E-state index is -0.128. The monoisotopic (exact) mass is 349 g/mol. The predicted molar refractivity (Wildman–Crippen MR) is 102 cm³/mol. The Bertz CT molecular complexity index is 922. The first-order valence-electron chi connectivity index (χ1n) is 8.84. The number of carbonyl (C=O) groups is 1. The standard InChI is InChI=1S/C21H23N3O2/c1-4-26-21-15(8-7-11-22-21)13-23-20(25)17-12-19(14(2)3)24-18-10-6-5-9-16(17)18/h5-12,14H,4,13H2,1-3H3,(H,23,25). The van der Waals surface area contributed by atoms with Crippen molar-refractivity contribution < 1.29 is 9.53 Å². The molecule has 0 atom stereocenters. The molecule has 3 aromatic rings. The Morgan fingerprint density at radius 1 is 1.19 bits per heavy atom. The summed E-state index contributed by atoms with van der Waals surface area (Å²) in [5.41, 5.74) is 3.23. The molecule has 1 N–H and O–H groups in total. The topological polar surface area (TPSA) is 64.1 Å². The van der Waals surface area contributed by atoms with Gasteiger partial charge in [0.15, 0.2) is 0 Å². The van der Waals surface area contributed by atoms with Gasteiger partial charge in [0.2, 0.25) is 5.88 Å². The summed E-state index contributed by atoms with van der Waals surface area (Å²) in [6.07, 6.45) is 1.68. The van der Waals surface area contributed by atoms with Gasteiger partial charge in [0.25, 0.3) is 5.91 Å². The lowest BCUT2D eigenvalue weighted by molar-refractivity contribution is 0.0952. The van der Waals surface area contributed by atoms with Gasteiger partial charge in [0, 0.05) is 29.4 Å². The molecule has 2 heterocycles. The third-order valence-corrected chi connectivity index (χ3v) is 4.14. The average Bonchev–Trinajstić information content (AvgIpc) is 2.66. The predicted octanol–water partition coefficient (Wildman–Crippen LogP) is 4.08. The molecule has 1 amide bonds. The first-order valence-corrected chi connectivity index (χ1v) is 8.84. The summed E-state index contributed by atoms with van der Waals surface area (Å²) in [6, 6.07) is 13.3. The first-order chi connectivity index (χ1) is 12.6. The zero-order valence-corrected chi connectivity index (χ0v) is 15.3. The van der Waals surface area contributed by atoms with Crippen LogP contribution in [0.3, 0.4) is 0 Å². The maximum absolute atomic E-state index is 12.9. The van der Waals surface area contributed by atoms with Crippen LogP contribution >= 0.6 is 0 Å². The summed E-state index contributed by atoms with van der Waals surface area (Å²) >= 11 is 0. The Morgan fingerprint density at radius 3 is 2.77 bits per heavy atom. The number of pyridine rings is 2. The van der Waals surface area contributed by atoms with E-state index in [1.807, 2.05) is 49.4 Å². The van der Waals surface area contributed by atoms with E-state index in [0.717, 1.165) is 22.2 Å². The van der Waals surface area contributed by atoms with Crippen LogP contribution in [0.5, 0.6) is 5.88 Å². The highest BCUT2D eigenvalue weighted by molar-refractivity contribution is 6.06. The molecular weight excluding hydrogens is 326 g/mol. The maximum atomic E-state index is 12.9.